The average molecular weight is 312 g/mol. The molecule has 1 aromatic carbocycles. The molecule has 1 atom stereocenters. The molecule has 1 unspecified atom stereocenters. The normalized spacial score (nSPS) is 14.8. The monoisotopic (exact) mass is 312 g/mol. The minimum atomic E-state index is -0.548. The van der Waals surface area contributed by atoms with Gasteiger partial charge in [-0.1, -0.05) is 30.3 Å². The lowest BCUT2D eigenvalue weighted by Gasteiger charge is -2.19. The van der Waals surface area contributed by atoms with Gasteiger partial charge in [0.15, 0.2) is 0 Å². The highest BCUT2D eigenvalue weighted by Crippen LogP contribution is 2.28. The maximum atomic E-state index is 12.5. The topological polar surface area (TPSA) is 82.2 Å². The SMILES string of the molecule is CC(NC(=O)c1c(O)c2c([nH]c1=O)CCCC2)c1ccccc1. The summed E-state index contributed by atoms with van der Waals surface area (Å²) in [6.45, 7) is 1.84. The third kappa shape index (κ3) is 2.99. The van der Waals surface area contributed by atoms with Crippen molar-refractivity contribution in [1.29, 1.82) is 0 Å². The molecule has 0 saturated carbocycles. The number of hydrogen-bond donors (Lipinski definition) is 3. The molecule has 3 rings (SSSR count). The van der Waals surface area contributed by atoms with E-state index in [1.54, 1.807) is 0 Å². The number of aromatic hydroxyl groups is 1. The molecule has 5 nitrogen and oxygen atoms in total. The number of aryl methyl sites for hydroxylation is 1. The summed E-state index contributed by atoms with van der Waals surface area (Å²) in [4.78, 5) is 27.4. The summed E-state index contributed by atoms with van der Waals surface area (Å²) in [7, 11) is 0. The predicted molar refractivity (Wildman–Crippen MR) is 87.7 cm³/mol. The molecule has 0 aliphatic heterocycles. The van der Waals surface area contributed by atoms with Gasteiger partial charge in [0.05, 0.1) is 6.04 Å². The summed E-state index contributed by atoms with van der Waals surface area (Å²) in [6, 6.07) is 9.24. The Morgan fingerprint density at radius 2 is 1.91 bits per heavy atom. The van der Waals surface area contributed by atoms with E-state index in [0.29, 0.717) is 12.0 Å². The molecule has 2 aromatic rings. The molecular formula is C18H20N2O3. The van der Waals surface area contributed by atoms with Gasteiger partial charge in [-0.3, -0.25) is 9.59 Å². The van der Waals surface area contributed by atoms with Crippen molar-refractivity contribution in [2.45, 2.75) is 38.6 Å². The fourth-order valence-electron chi connectivity index (χ4n) is 3.07. The van der Waals surface area contributed by atoms with E-state index in [9.17, 15) is 14.7 Å². The Morgan fingerprint density at radius 3 is 2.65 bits per heavy atom. The first kappa shape index (κ1) is 15.3. The molecule has 5 heteroatoms. The number of hydrogen-bond acceptors (Lipinski definition) is 3. The van der Waals surface area contributed by atoms with Crippen LogP contribution in [-0.2, 0) is 12.8 Å². The first-order chi connectivity index (χ1) is 11.1. The third-order valence-corrected chi connectivity index (χ3v) is 4.36. The van der Waals surface area contributed by atoms with Gasteiger partial charge in [0.25, 0.3) is 11.5 Å². The zero-order valence-electron chi connectivity index (χ0n) is 13.1. The quantitative estimate of drug-likeness (QED) is 0.814. The number of rotatable bonds is 3. The Morgan fingerprint density at radius 1 is 1.22 bits per heavy atom. The molecule has 0 radical (unpaired) electrons. The van der Waals surface area contributed by atoms with Gasteiger partial charge in [0.2, 0.25) is 0 Å². The number of amides is 1. The molecule has 1 amide bonds. The van der Waals surface area contributed by atoms with Crippen LogP contribution in [0.25, 0.3) is 0 Å². The summed E-state index contributed by atoms with van der Waals surface area (Å²) >= 11 is 0. The molecule has 0 spiro atoms. The van der Waals surface area contributed by atoms with Gasteiger partial charge in [0, 0.05) is 11.3 Å². The van der Waals surface area contributed by atoms with Gasteiger partial charge in [-0.05, 0) is 38.2 Å². The van der Waals surface area contributed by atoms with Crippen LogP contribution in [0.15, 0.2) is 35.1 Å². The number of carbonyl (C=O) groups excluding carboxylic acids is 1. The first-order valence-corrected chi connectivity index (χ1v) is 7.90. The average Bonchev–Trinajstić information content (AvgIpc) is 2.55. The smallest absolute Gasteiger partial charge is 0.264 e. The second-order valence-electron chi connectivity index (χ2n) is 5.95. The minimum Gasteiger partial charge on any atom is -0.507 e. The molecule has 1 aliphatic carbocycles. The van der Waals surface area contributed by atoms with Gasteiger partial charge in [-0.15, -0.1) is 0 Å². The number of pyridine rings is 1. The molecule has 1 aromatic heterocycles. The molecule has 120 valence electrons. The highest BCUT2D eigenvalue weighted by molar-refractivity contribution is 5.97. The van der Waals surface area contributed by atoms with Crippen LogP contribution in [0.3, 0.4) is 0 Å². The van der Waals surface area contributed by atoms with Gasteiger partial charge in [-0.25, -0.2) is 0 Å². The number of benzene rings is 1. The Hall–Kier alpha value is -2.56. The molecule has 23 heavy (non-hydrogen) atoms. The van der Waals surface area contributed by atoms with E-state index in [4.69, 9.17) is 0 Å². The van der Waals surface area contributed by atoms with Crippen molar-refractivity contribution in [3.63, 3.8) is 0 Å². The summed E-state index contributed by atoms with van der Waals surface area (Å²) in [6.07, 6.45) is 3.36. The van der Waals surface area contributed by atoms with E-state index >= 15 is 0 Å². The largest absolute Gasteiger partial charge is 0.507 e. The van der Waals surface area contributed by atoms with Crippen LogP contribution in [0.2, 0.25) is 0 Å². The van der Waals surface area contributed by atoms with E-state index in [1.165, 1.54) is 0 Å². The summed E-state index contributed by atoms with van der Waals surface area (Å²) in [5.41, 5.74) is 1.68. The van der Waals surface area contributed by atoms with Crippen molar-refractivity contribution >= 4 is 5.91 Å². The maximum Gasteiger partial charge on any atom is 0.264 e. The summed E-state index contributed by atoms with van der Waals surface area (Å²) < 4.78 is 0. The van der Waals surface area contributed by atoms with Crippen molar-refractivity contribution in [2.75, 3.05) is 0 Å². The number of aromatic amines is 1. The lowest BCUT2D eigenvalue weighted by atomic mass is 9.93. The van der Waals surface area contributed by atoms with Crippen LogP contribution in [-0.4, -0.2) is 16.0 Å². The number of H-pyrrole nitrogens is 1. The van der Waals surface area contributed by atoms with Crippen molar-refractivity contribution in [3.8, 4) is 5.75 Å². The highest BCUT2D eigenvalue weighted by atomic mass is 16.3. The standard InChI is InChI=1S/C18H20N2O3/c1-11(12-7-3-2-4-8-12)19-17(22)15-16(21)13-9-5-6-10-14(13)20-18(15)23/h2-4,7-8,11H,5-6,9-10H2,1H3,(H,19,22)(H2,20,21,23). The van der Waals surface area contributed by atoms with Gasteiger partial charge < -0.3 is 15.4 Å². The van der Waals surface area contributed by atoms with Gasteiger partial charge >= 0.3 is 0 Å². The van der Waals surface area contributed by atoms with Crippen molar-refractivity contribution in [3.05, 3.63) is 63.1 Å². The van der Waals surface area contributed by atoms with E-state index in [1.807, 2.05) is 37.3 Å². The molecule has 1 heterocycles. The Balaban J connectivity index is 1.89. The van der Waals surface area contributed by atoms with Crippen LogP contribution in [0.5, 0.6) is 5.75 Å². The van der Waals surface area contributed by atoms with Crippen LogP contribution in [0, 0.1) is 0 Å². The molecule has 0 bridgehead atoms. The molecule has 0 fully saturated rings. The number of fused-ring (bicyclic) bond motifs is 1. The fourth-order valence-corrected chi connectivity index (χ4v) is 3.07. The summed E-state index contributed by atoms with van der Waals surface area (Å²) in [5.74, 6) is -0.713. The molecular weight excluding hydrogens is 292 g/mol. The number of carbonyl (C=O) groups is 1. The van der Waals surface area contributed by atoms with Crippen LogP contribution < -0.4 is 10.9 Å². The van der Waals surface area contributed by atoms with E-state index in [0.717, 1.165) is 30.5 Å². The van der Waals surface area contributed by atoms with Crippen molar-refractivity contribution in [2.24, 2.45) is 0 Å². The summed E-state index contributed by atoms with van der Waals surface area (Å²) in [5, 5.41) is 13.2. The maximum absolute atomic E-state index is 12.5. The van der Waals surface area contributed by atoms with Crippen LogP contribution in [0.4, 0.5) is 0 Å². The van der Waals surface area contributed by atoms with Crippen molar-refractivity contribution < 1.29 is 9.90 Å². The third-order valence-electron chi connectivity index (χ3n) is 4.36. The lowest BCUT2D eigenvalue weighted by Crippen LogP contribution is -2.33. The second kappa shape index (κ2) is 6.28. The van der Waals surface area contributed by atoms with E-state index in [-0.39, 0.29) is 17.4 Å². The number of aromatic nitrogens is 1. The predicted octanol–water partition coefficient (Wildman–Crippen LogP) is 2.45. The van der Waals surface area contributed by atoms with Crippen LogP contribution >= 0.6 is 0 Å². The zero-order valence-corrected chi connectivity index (χ0v) is 13.1. The van der Waals surface area contributed by atoms with Gasteiger partial charge in [0.1, 0.15) is 11.3 Å². The van der Waals surface area contributed by atoms with Crippen LogP contribution in [0.1, 0.15) is 53.0 Å². The Labute approximate surface area is 134 Å². The lowest BCUT2D eigenvalue weighted by molar-refractivity contribution is 0.0935. The zero-order chi connectivity index (χ0) is 16.4. The number of nitrogens with one attached hydrogen (secondary N) is 2. The Bertz CT molecular complexity index is 781. The molecule has 0 saturated heterocycles. The van der Waals surface area contributed by atoms with E-state index < -0.39 is 11.5 Å². The minimum absolute atomic E-state index is 0.166. The molecule has 3 N–H and O–H groups in total. The molecule has 1 aliphatic rings. The first-order valence-electron chi connectivity index (χ1n) is 7.90. The van der Waals surface area contributed by atoms with E-state index in [2.05, 4.69) is 10.3 Å². The fraction of sp³-hybridized carbons (Fsp3) is 0.333. The van der Waals surface area contributed by atoms with Gasteiger partial charge in [-0.2, -0.15) is 0 Å². The highest BCUT2D eigenvalue weighted by Gasteiger charge is 2.24. The van der Waals surface area contributed by atoms with Crippen molar-refractivity contribution in [1.82, 2.24) is 10.3 Å². The Kier molecular flexibility index (Phi) is 4.19. The second-order valence-corrected chi connectivity index (χ2v) is 5.95.